The van der Waals surface area contributed by atoms with E-state index < -0.39 is 5.31 Å². The van der Waals surface area contributed by atoms with Crippen molar-refractivity contribution in [2.45, 2.75) is 195 Å². The average Bonchev–Trinajstić information content (AvgIpc) is 2.87. The maximum absolute atomic E-state index is 4.77. The van der Waals surface area contributed by atoms with Crippen LogP contribution in [-0.2, 0) is 0 Å². The van der Waals surface area contributed by atoms with Gasteiger partial charge in [0.25, 0.3) is 0 Å². The number of hydrogen-bond acceptors (Lipinski definition) is 0. The normalized spacial score (nSPS) is 13.2. The Morgan fingerprint density at radius 3 is 0.639 bits per heavy atom. The Kier molecular flexibility index (Phi) is 26.8. The standard InChI is InChI=1S/C34H72BrP/c1-5-9-13-17-19-21-25-29-33-36(35,31-27-23-15-11-7-3,32-28-24-16-12-8-4)34-30-26-22-20-18-14-10-6-2/h5-34H2,1-4H3. The summed E-state index contributed by atoms with van der Waals surface area (Å²) in [7, 11) is 0. The third kappa shape index (κ3) is 21.8. The van der Waals surface area contributed by atoms with Crippen LogP contribution in [0.3, 0.4) is 0 Å². The van der Waals surface area contributed by atoms with Gasteiger partial charge < -0.3 is 0 Å². The SMILES string of the molecule is CCCCCCCCCCP(Br)(CCCCCCC)(CCCCCCC)CCCCCCCCCC. The summed E-state index contributed by atoms with van der Waals surface area (Å²) in [5.41, 5.74) is 0. The van der Waals surface area contributed by atoms with E-state index in [0.717, 1.165) is 0 Å². The summed E-state index contributed by atoms with van der Waals surface area (Å²) in [6.07, 6.45) is 44.0. The van der Waals surface area contributed by atoms with E-state index in [9.17, 15) is 0 Å². The van der Waals surface area contributed by atoms with Gasteiger partial charge in [-0.25, -0.2) is 0 Å². The number of hydrogen-bond donors (Lipinski definition) is 0. The van der Waals surface area contributed by atoms with Crippen LogP contribution in [0.15, 0.2) is 0 Å². The van der Waals surface area contributed by atoms with Gasteiger partial charge in [-0.1, -0.05) is 0 Å². The second kappa shape index (κ2) is 26.1. The maximum atomic E-state index is 4.77. The molecule has 0 aliphatic heterocycles. The van der Waals surface area contributed by atoms with E-state index in [1.54, 1.807) is 24.6 Å². The number of halogens is 1. The summed E-state index contributed by atoms with van der Waals surface area (Å²) in [6, 6.07) is 0. The van der Waals surface area contributed by atoms with Gasteiger partial charge in [0.1, 0.15) is 0 Å². The van der Waals surface area contributed by atoms with Gasteiger partial charge in [-0.2, -0.15) is 0 Å². The van der Waals surface area contributed by atoms with E-state index >= 15 is 0 Å². The Bertz CT molecular complexity index is 397. The minimum absolute atomic E-state index is 1.37. The van der Waals surface area contributed by atoms with Gasteiger partial charge in [0, 0.05) is 0 Å². The predicted octanol–water partition coefficient (Wildman–Crippen LogP) is 14.1. The average molecular weight is 592 g/mol. The molecule has 0 amide bonds. The molecular weight excluding hydrogens is 519 g/mol. The Morgan fingerprint density at radius 2 is 0.444 bits per heavy atom. The molecule has 0 N–H and O–H groups in total. The van der Waals surface area contributed by atoms with Crippen LogP contribution in [0, 0.1) is 0 Å². The molecule has 36 heavy (non-hydrogen) atoms. The van der Waals surface area contributed by atoms with Crippen molar-refractivity contribution >= 4 is 20.8 Å². The number of unbranched alkanes of at least 4 members (excludes halogenated alkanes) is 22. The summed E-state index contributed by atoms with van der Waals surface area (Å²) < 4.78 is 0. The molecule has 0 rings (SSSR count). The Morgan fingerprint density at radius 1 is 0.278 bits per heavy atom. The Labute approximate surface area is 239 Å². The van der Waals surface area contributed by atoms with Crippen molar-refractivity contribution in [1.29, 1.82) is 0 Å². The van der Waals surface area contributed by atoms with E-state index in [4.69, 9.17) is 15.5 Å². The molecule has 0 aliphatic rings. The van der Waals surface area contributed by atoms with Crippen LogP contribution in [0.5, 0.6) is 0 Å². The molecule has 0 saturated heterocycles. The minimum atomic E-state index is -1.76. The van der Waals surface area contributed by atoms with Crippen molar-refractivity contribution in [2.24, 2.45) is 0 Å². The molecule has 0 unspecified atom stereocenters. The van der Waals surface area contributed by atoms with Crippen LogP contribution in [0.4, 0.5) is 0 Å². The van der Waals surface area contributed by atoms with Crippen LogP contribution in [-0.4, -0.2) is 24.6 Å². The Hall–Kier alpha value is 0.910. The molecule has 0 aromatic rings. The number of rotatable bonds is 30. The predicted molar refractivity (Wildman–Crippen MR) is 178 cm³/mol. The molecular formula is C34H72BrP. The molecule has 0 aromatic carbocycles. The van der Waals surface area contributed by atoms with Gasteiger partial charge in [0.15, 0.2) is 0 Å². The van der Waals surface area contributed by atoms with Crippen molar-refractivity contribution < 1.29 is 0 Å². The molecule has 0 saturated carbocycles. The van der Waals surface area contributed by atoms with E-state index in [2.05, 4.69) is 27.7 Å². The first-order chi connectivity index (χ1) is 17.5. The molecule has 0 nitrogen and oxygen atoms in total. The molecule has 0 aromatic heterocycles. The first-order valence-corrected chi connectivity index (χ1v) is 22.3. The van der Waals surface area contributed by atoms with E-state index in [1.165, 1.54) is 167 Å². The van der Waals surface area contributed by atoms with Gasteiger partial charge in [-0.15, -0.1) is 0 Å². The first kappa shape index (κ1) is 36.9. The van der Waals surface area contributed by atoms with Gasteiger partial charge in [0.05, 0.1) is 0 Å². The molecule has 0 radical (unpaired) electrons. The second-order valence-electron chi connectivity index (χ2n) is 12.5. The first-order valence-electron chi connectivity index (χ1n) is 17.3. The Balaban J connectivity index is 4.92. The van der Waals surface area contributed by atoms with Crippen LogP contribution >= 0.6 is 20.8 Å². The zero-order valence-corrected chi connectivity index (χ0v) is 28.5. The van der Waals surface area contributed by atoms with Gasteiger partial charge in [-0.05, 0) is 0 Å². The summed E-state index contributed by atoms with van der Waals surface area (Å²) in [6.45, 7) is 9.36. The van der Waals surface area contributed by atoms with Crippen LogP contribution < -0.4 is 0 Å². The fourth-order valence-corrected chi connectivity index (χ4v) is 14.6. The fraction of sp³-hybridized carbons (Fsp3) is 1.00. The second-order valence-corrected chi connectivity index (χ2v) is 23.9. The van der Waals surface area contributed by atoms with E-state index in [0.29, 0.717) is 0 Å². The van der Waals surface area contributed by atoms with Crippen molar-refractivity contribution in [3.8, 4) is 0 Å². The summed E-state index contributed by atoms with van der Waals surface area (Å²) in [4.78, 5) is 0. The third-order valence-corrected chi connectivity index (χ3v) is 18.8. The van der Waals surface area contributed by atoms with Crippen molar-refractivity contribution in [3.63, 3.8) is 0 Å². The van der Waals surface area contributed by atoms with Crippen LogP contribution in [0.25, 0.3) is 0 Å². The molecule has 0 bridgehead atoms. The molecule has 0 fully saturated rings. The van der Waals surface area contributed by atoms with E-state index in [-0.39, 0.29) is 0 Å². The molecule has 2 heteroatoms. The summed E-state index contributed by atoms with van der Waals surface area (Å²) in [5, 5.41) is -1.76. The van der Waals surface area contributed by atoms with Crippen molar-refractivity contribution in [2.75, 3.05) is 24.6 Å². The third-order valence-electron chi connectivity index (χ3n) is 8.78. The fourth-order valence-electron chi connectivity index (χ4n) is 6.17. The molecule has 0 spiro atoms. The monoisotopic (exact) mass is 590 g/mol. The molecule has 0 heterocycles. The van der Waals surface area contributed by atoms with Crippen LogP contribution in [0.2, 0.25) is 0 Å². The zero-order chi connectivity index (χ0) is 26.7. The van der Waals surface area contributed by atoms with Gasteiger partial charge >= 0.3 is 240 Å². The summed E-state index contributed by atoms with van der Waals surface area (Å²) in [5.74, 6) is 0. The quantitative estimate of drug-likeness (QED) is 0.0576. The van der Waals surface area contributed by atoms with Crippen LogP contribution in [0.1, 0.15) is 195 Å². The zero-order valence-electron chi connectivity index (χ0n) is 26.0. The van der Waals surface area contributed by atoms with Crippen molar-refractivity contribution in [1.82, 2.24) is 0 Å². The summed E-state index contributed by atoms with van der Waals surface area (Å²) >= 11 is 4.77. The molecule has 0 aliphatic carbocycles. The van der Waals surface area contributed by atoms with Crippen molar-refractivity contribution in [3.05, 3.63) is 0 Å². The van der Waals surface area contributed by atoms with E-state index in [1.807, 2.05) is 0 Å². The topological polar surface area (TPSA) is 0 Å². The molecule has 0 atom stereocenters. The van der Waals surface area contributed by atoms with Gasteiger partial charge in [0.2, 0.25) is 0 Å². The molecule has 220 valence electrons. The van der Waals surface area contributed by atoms with Gasteiger partial charge in [-0.3, -0.25) is 0 Å².